The number of ether oxygens (including phenoxy) is 9. The van der Waals surface area contributed by atoms with Crippen LogP contribution in [0.5, 0.6) is 57.5 Å². The largest absolute Gasteiger partial charge is 0.509 e. The molecular formula is C62H73N5O14Y3-6. The molecule has 445 valence electrons. The summed E-state index contributed by atoms with van der Waals surface area (Å²) in [5, 5.41) is 36.0. The molecule has 0 saturated carbocycles. The molecule has 22 heteroatoms. The van der Waals surface area contributed by atoms with Crippen molar-refractivity contribution in [1.82, 2.24) is 15.1 Å². The number of hydrogen-bond acceptors (Lipinski definition) is 17. The first-order valence-electron chi connectivity index (χ1n) is 27.8. The molecule has 5 aromatic rings. The molecule has 0 aliphatic carbocycles. The summed E-state index contributed by atoms with van der Waals surface area (Å²) in [4.78, 5) is 27.0. The van der Waals surface area contributed by atoms with Crippen molar-refractivity contribution in [2.45, 2.75) is 88.5 Å². The van der Waals surface area contributed by atoms with Gasteiger partial charge in [-0.3, -0.25) is 37.6 Å². The van der Waals surface area contributed by atoms with E-state index in [2.05, 4.69) is 71.6 Å². The van der Waals surface area contributed by atoms with Crippen LogP contribution in [-0.4, -0.2) is 159 Å². The van der Waals surface area contributed by atoms with Gasteiger partial charge in [0.2, 0.25) is 0 Å². The van der Waals surface area contributed by atoms with Gasteiger partial charge in [0.1, 0.15) is 84.5 Å². The maximum atomic E-state index is 11.5. The Kier molecular flexibility index (Phi) is 28.2. The van der Waals surface area contributed by atoms with E-state index in [1.165, 1.54) is 12.1 Å². The number of benzene rings is 5. The first-order valence-corrected chi connectivity index (χ1v) is 27.8. The molecule has 8 aliphatic heterocycles. The van der Waals surface area contributed by atoms with Crippen LogP contribution in [0.4, 0.5) is 11.4 Å². The molecule has 5 aromatic carbocycles. The Morgan fingerprint density at radius 1 is 0.548 bits per heavy atom. The van der Waals surface area contributed by atoms with E-state index in [1.807, 2.05) is 54.6 Å². The van der Waals surface area contributed by atoms with Crippen LogP contribution in [0.3, 0.4) is 0 Å². The number of rotatable bonds is 7. The minimum Gasteiger partial charge on any atom is -0.509 e. The van der Waals surface area contributed by atoms with E-state index in [1.54, 1.807) is 6.07 Å². The number of aromatic hydroxyl groups is 1. The molecule has 84 heavy (non-hydrogen) atoms. The molecule has 0 bridgehead atoms. The first kappa shape index (κ1) is 68.9. The topological polar surface area (TPSA) is 220 Å². The second kappa shape index (κ2) is 34.3. The van der Waals surface area contributed by atoms with Crippen molar-refractivity contribution in [3.63, 3.8) is 0 Å². The van der Waals surface area contributed by atoms with Gasteiger partial charge in [0.15, 0.2) is 13.2 Å². The molecule has 3 unspecified atom stereocenters. The Balaban J connectivity index is 0.000000181. The second-order valence-corrected chi connectivity index (χ2v) is 20.7. The van der Waals surface area contributed by atoms with Crippen molar-refractivity contribution in [3.8, 4) is 57.5 Å². The summed E-state index contributed by atoms with van der Waals surface area (Å²) in [5.74, 6) is 6.06. The van der Waals surface area contributed by atoms with E-state index in [4.69, 9.17) is 52.8 Å². The zero-order chi connectivity index (χ0) is 56.7. The number of aliphatic hydroxyl groups is 2. The number of hydrogen-bond donors (Lipinski definition) is 6. The van der Waals surface area contributed by atoms with Crippen LogP contribution < -0.4 is 58.6 Å². The van der Waals surface area contributed by atoms with E-state index < -0.39 is 0 Å². The van der Waals surface area contributed by atoms with Crippen molar-refractivity contribution in [2.24, 2.45) is 0 Å². The smallest absolute Gasteiger partial charge is 0.262 e. The number of carbonyl (C=O) groups excluding carboxylic acids is 2. The molecule has 19 nitrogen and oxygen atoms in total. The summed E-state index contributed by atoms with van der Waals surface area (Å²) in [6.07, 6.45) is 6.52. The molecule has 3 atom stereocenters. The van der Waals surface area contributed by atoms with E-state index in [-0.39, 0.29) is 166 Å². The minimum absolute atomic E-state index is 0. The zero-order valence-electron chi connectivity index (χ0n) is 47.6. The van der Waals surface area contributed by atoms with Crippen LogP contribution >= 0.6 is 0 Å². The predicted molar refractivity (Wildman–Crippen MR) is 302 cm³/mol. The maximum Gasteiger partial charge on any atom is 0.262 e. The third-order valence-corrected chi connectivity index (χ3v) is 14.2. The number of phenolic OH excluding ortho intramolecular Hbond substituents is 1. The van der Waals surface area contributed by atoms with Crippen LogP contribution in [0, 0.1) is 39.0 Å². The fourth-order valence-corrected chi connectivity index (χ4v) is 9.73. The molecule has 8 aliphatic rings. The van der Waals surface area contributed by atoms with E-state index in [0.717, 1.165) is 137 Å². The van der Waals surface area contributed by atoms with Gasteiger partial charge in [0.25, 0.3) is 11.8 Å². The molecule has 0 aromatic heterocycles. The Hall–Kier alpha value is -4.24. The van der Waals surface area contributed by atoms with Crippen molar-refractivity contribution in [2.75, 3.05) is 96.0 Å². The van der Waals surface area contributed by atoms with Crippen molar-refractivity contribution in [1.29, 1.82) is 0 Å². The van der Waals surface area contributed by atoms with Gasteiger partial charge in [0, 0.05) is 167 Å². The fraction of sp³-hybridized carbons (Fsp3) is 0.435. The summed E-state index contributed by atoms with van der Waals surface area (Å²) >= 11 is 0. The van der Waals surface area contributed by atoms with E-state index in [0.29, 0.717) is 59.9 Å². The fourth-order valence-electron chi connectivity index (χ4n) is 9.73. The predicted octanol–water partition coefficient (Wildman–Crippen LogP) is 6.61. The third kappa shape index (κ3) is 21.0. The minimum atomic E-state index is -0.201. The Morgan fingerprint density at radius 2 is 0.964 bits per heavy atom. The molecule has 0 spiro atoms. The van der Waals surface area contributed by atoms with Crippen LogP contribution in [-0.2, 0) is 108 Å². The number of nitrogens with one attached hydrogen (secondary N) is 3. The molecule has 13 rings (SSSR count). The van der Waals surface area contributed by atoms with Gasteiger partial charge in [-0.1, -0.05) is 6.92 Å². The third-order valence-electron chi connectivity index (χ3n) is 14.2. The van der Waals surface area contributed by atoms with Crippen molar-refractivity contribution < 1.29 is 166 Å². The van der Waals surface area contributed by atoms with Gasteiger partial charge >= 0.3 is 0 Å². The summed E-state index contributed by atoms with van der Waals surface area (Å²) < 4.78 is 51.2. The normalized spacial score (nSPS) is 20.4. The van der Waals surface area contributed by atoms with Crippen LogP contribution in [0.25, 0.3) is 0 Å². The Labute approximate surface area is 568 Å². The molecular weight excluding hydrogens is 1310 g/mol. The van der Waals surface area contributed by atoms with Gasteiger partial charge in [-0.2, -0.15) is 0 Å². The Morgan fingerprint density at radius 3 is 1.43 bits per heavy atom. The van der Waals surface area contributed by atoms with Gasteiger partial charge < -0.3 is 130 Å². The van der Waals surface area contributed by atoms with Crippen molar-refractivity contribution in [3.05, 3.63) is 128 Å². The molecule has 8 heterocycles. The standard InChI is InChI=1S/C23H24N2O5.C15H19NO3.C11H12O2.C8H7NO3.C5H11NO.3Y/c1-15-2-4-21-22(10-15)30-18(13-27-21)12-25-8-6-16(7-9-25)29-17-3-5-20-19(11-17)24-23(26)14-28-20;1-11-2-3-14-15(8-11)19-13(10-18-14)9-16-6-4-12(17)5-7-16;1-3-9-7-12-10-5-4-8(2)6-11(10)13-9;10-5-1-2-7-6(3-5)9-8(11)4-12-7;7-5-1-3-6-4-2-5;;;/h2-5,11,16,18H,1,6-9,12-14H2,(H,24,26);2-3,12-13,17H,1,4-7,9-10H2;4-5,9H,2-3,7H2,1H3;1-3,10H,4H2,(H,9,11);5-7H,1-4H2;;;/q3*-2;;;;;. The number of nitrogens with zero attached hydrogens (tertiary/aromatic N) is 2. The second-order valence-electron chi connectivity index (χ2n) is 20.7. The summed E-state index contributed by atoms with van der Waals surface area (Å²) in [5.41, 5.74) is 3.62. The van der Waals surface area contributed by atoms with E-state index in [9.17, 15) is 14.7 Å². The maximum absolute atomic E-state index is 11.5. The number of aliphatic hydroxyl groups excluding tert-OH is 2. The average Bonchev–Trinajstić information content (AvgIpc) is 3.58. The van der Waals surface area contributed by atoms with Crippen molar-refractivity contribution >= 4 is 23.2 Å². The van der Waals surface area contributed by atoms with E-state index >= 15 is 0 Å². The molecule has 2 amide bonds. The number of carbonyl (C=O) groups is 2. The SMILES string of the molecule is O=C1COc2ccc(O)cc2N1.OC1CCNCC1.[CH2-]c1[c-]c2c(cc1)OCC(CC)O2.[CH2-]c1[c-]c2c(cc1)OCC(CN1CCC(O)CC1)O2.[CH2-]c1[c-]c2c(cc1)OCC(CN1CCC(Oc3ccc4c(c3)NC(=O)CO4)CC1)O2.[Y].[Y].[Y]. The van der Waals surface area contributed by atoms with Gasteiger partial charge in [-0.25, -0.2) is 0 Å². The monoisotopic (exact) mass is 1380 g/mol. The molecule has 3 saturated heterocycles. The van der Waals surface area contributed by atoms with Gasteiger partial charge in [-0.05, 0) is 82.3 Å². The molecule has 3 radical (unpaired) electrons. The van der Waals surface area contributed by atoms with Gasteiger partial charge in [0.05, 0.1) is 23.6 Å². The summed E-state index contributed by atoms with van der Waals surface area (Å²) in [6, 6.07) is 30.6. The first-order chi connectivity index (χ1) is 39.3. The molecule has 3 fully saturated rings. The summed E-state index contributed by atoms with van der Waals surface area (Å²) in [6.45, 7) is 22.8. The number of likely N-dealkylation sites (tertiary alicyclic amines) is 2. The van der Waals surface area contributed by atoms with Crippen LogP contribution in [0.1, 0.15) is 68.6 Å². The number of piperidine rings is 3. The van der Waals surface area contributed by atoms with Crippen LogP contribution in [0.15, 0.2) is 72.8 Å². The number of phenols is 1. The van der Waals surface area contributed by atoms with Gasteiger partial charge in [-0.15, -0.1) is 18.2 Å². The average molecular weight is 1380 g/mol. The van der Waals surface area contributed by atoms with Crippen LogP contribution in [0.2, 0.25) is 0 Å². The zero-order valence-corrected chi connectivity index (χ0v) is 56.1. The number of anilines is 2. The number of amides is 2. The molecule has 6 N–H and O–H groups in total. The quantitative estimate of drug-likeness (QED) is 0.0944. The number of fused-ring (bicyclic) bond motifs is 5. The Bertz CT molecular complexity index is 2890. The summed E-state index contributed by atoms with van der Waals surface area (Å²) in [7, 11) is 0.